The standard InChI is InChI=1S/C15H18ClN3O4.ClH/c1-20-12-6-9(5-11(16)14(12)21-2)15-18-13(23-19-15)7-10-8-17-3-4-22-10;/h5-6,10,17H,3-4,7-8H2,1-2H3;1H. The van der Waals surface area contributed by atoms with E-state index in [9.17, 15) is 0 Å². The molecule has 1 N–H and O–H groups in total. The predicted octanol–water partition coefficient (Wildman–Crippen LogP) is 2.36. The number of nitrogens with one attached hydrogen (secondary N) is 1. The fourth-order valence-electron chi connectivity index (χ4n) is 2.45. The lowest BCUT2D eigenvalue weighted by molar-refractivity contribution is 0.0246. The SMILES string of the molecule is COc1cc(-c2noc(CC3CNCCO3)n2)cc(Cl)c1OC.Cl. The summed E-state index contributed by atoms with van der Waals surface area (Å²) in [5.41, 5.74) is 0.699. The highest BCUT2D eigenvalue weighted by molar-refractivity contribution is 6.32. The third kappa shape index (κ3) is 4.10. The summed E-state index contributed by atoms with van der Waals surface area (Å²) in [4.78, 5) is 4.41. The van der Waals surface area contributed by atoms with Gasteiger partial charge < -0.3 is 24.1 Å². The molecule has 9 heteroatoms. The summed E-state index contributed by atoms with van der Waals surface area (Å²) >= 11 is 6.21. The Kier molecular flexibility index (Phi) is 6.68. The third-order valence-corrected chi connectivity index (χ3v) is 3.85. The first-order valence-corrected chi connectivity index (χ1v) is 7.66. The maximum Gasteiger partial charge on any atom is 0.229 e. The minimum atomic E-state index is 0. The Balaban J connectivity index is 0.00000208. The topological polar surface area (TPSA) is 78.6 Å². The van der Waals surface area contributed by atoms with Crippen LogP contribution in [0, 0.1) is 0 Å². The van der Waals surface area contributed by atoms with E-state index in [0.717, 1.165) is 13.1 Å². The minimum absolute atomic E-state index is 0. The summed E-state index contributed by atoms with van der Waals surface area (Å²) in [6.45, 7) is 2.34. The van der Waals surface area contributed by atoms with E-state index in [4.69, 9.17) is 30.3 Å². The van der Waals surface area contributed by atoms with Gasteiger partial charge in [0.05, 0.1) is 38.4 Å². The van der Waals surface area contributed by atoms with Crippen LogP contribution >= 0.6 is 24.0 Å². The largest absolute Gasteiger partial charge is 0.493 e. The molecule has 1 aliphatic rings. The van der Waals surface area contributed by atoms with Crippen LogP contribution in [0.1, 0.15) is 5.89 Å². The van der Waals surface area contributed by atoms with Crippen molar-refractivity contribution in [1.29, 1.82) is 0 Å². The van der Waals surface area contributed by atoms with Crippen molar-refractivity contribution in [3.05, 3.63) is 23.0 Å². The Labute approximate surface area is 151 Å². The molecule has 24 heavy (non-hydrogen) atoms. The third-order valence-electron chi connectivity index (χ3n) is 3.57. The quantitative estimate of drug-likeness (QED) is 0.858. The molecule has 1 atom stereocenters. The monoisotopic (exact) mass is 375 g/mol. The van der Waals surface area contributed by atoms with Gasteiger partial charge in [-0.1, -0.05) is 16.8 Å². The zero-order valence-electron chi connectivity index (χ0n) is 13.4. The summed E-state index contributed by atoms with van der Waals surface area (Å²) < 4.78 is 21.4. The molecule has 1 unspecified atom stereocenters. The van der Waals surface area contributed by atoms with Crippen LogP contribution in [-0.2, 0) is 11.2 Å². The summed E-state index contributed by atoms with van der Waals surface area (Å²) in [6.07, 6.45) is 0.618. The van der Waals surface area contributed by atoms with Crippen molar-refractivity contribution in [3.63, 3.8) is 0 Å². The molecule has 3 rings (SSSR count). The number of hydrogen-bond donors (Lipinski definition) is 1. The summed E-state index contributed by atoms with van der Waals surface area (Å²) in [5, 5.41) is 7.70. The average Bonchev–Trinajstić information content (AvgIpc) is 3.03. The molecule has 2 aromatic rings. The Morgan fingerprint density at radius 1 is 1.33 bits per heavy atom. The Morgan fingerprint density at radius 3 is 2.83 bits per heavy atom. The molecule has 1 aromatic heterocycles. The highest BCUT2D eigenvalue weighted by Crippen LogP contribution is 2.38. The van der Waals surface area contributed by atoms with Crippen molar-refractivity contribution in [2.24, 2.45) is 0 Å². The molecular weight excluding hydrogens is 357 g/mol. The molecule has 0 aliphatic carbocycles. The second kappa shape index (κ2) is 8.53. The van der Waals surface area contributed by atoms with E-state index in [1.165, 1.54) is 7.11 Å². The molecule has 1 saturated heterocycles. The van der Waals surface area contributed by atoms with Crippen LogP contribution in [0.25, 0.3) is 11.4 Å². The lowest BCUT2D eigenvalue weighted by Crippen LogP contribution is -2.39. The highest BCUT2D eigenvalue weighted by atomic mass is 35.5. The fourth-order valence-corrected chi connectivity index (χ4v) is 2.74. The number of ether oxygens (including phenoxy) is 3. The van der Waals surface area contributed by atoms with E-state index in [1.54, 1.807) is 19.2 Å². The van der Waals surface area contributed by atoms with E-state index < -0.39 is 0 Å². The van der Waals surface area contributed by atoms with Gasteiger partial charge in [0.15, 0.2) is 11.5 Å². The van der Waals surface area contributed by atoms with E-state index in [-0.39, 0.29) is 18.5 Å². The molecular formula is C15H19Cl2N3O4. The van der Waals surface area contributed by atoms with Gasteiger partial charge in [0.25, 0.3) is 0 Å². The van der Waals surface area contributed by atoms with Crippen molar-refractivity contribution in [2.75, 3.05) is 33.9 Å². The maximum atomic E-state index is 6.21. The Hall–Kier alpha value is -1.54. The number of hydrogen-bond acceptors (Lipinski definition) is 7. The summed E-state index contributed by atoms with van der Waals surface area (Å²) in [6, 6.07) is 3.48. The van der Waals surface area contributed by atoms with Crippen LogP contribution in [0.3, 0.4) is 0 Å². The van der Waals surface area contributed by atoms with Crippen molar-refractivity contribution in [3.8, 4) is 22.9 Å². The van der Waals surface area contributed by atoms with Gasteiger partial charge in [-0.05, 0) is 12.1 Å². The summed E-state index contributed by atoms with van der Waals surface area (Å²) in [7, 11) is 3.08. The van der Waals surface area contributed by atoms with Crippen LogP contribution in [0.4, 0.5) is 0 Å². The number of nitrogens with zero attached hydrogens (tertiary/aromatic N) is 2. The number of benzene rings is 1. The normalized spacial score (nSPS) is 17.2. The number of morpholine rings is 1. The van der Waals surface area contributed by atoms with Crippen LogP contribution in [0.15, 0.2) is 16.7 Å². The van der Waals surface area contributed by atoms with E-state index in [2.05, 4.69) is 15.5 Å². The van der Waals surface area contributed by atoms with Crippen LogP contribution in [0.2, 0.25) is 5.02 Å². The second-order valence-electron chi connectivity index (χ2n) is 5.11. The van der Waals surface area contributed by atoms with Crippen molar-refractivity contribution >= 4 is 24.0 Å². The van der Waals surface area contributed by atoms with Gasteiger partial charge in [-0.15, -0.1) is 12.4 Å². The molecule has 0 spiro atoms. The molecule has 0 saturated carbocycles. The first-order chi connectivity index (χ1) is 11.2. The van der Waals surface area contributed by atoms with Gasteiger partial charge in [-0.25, -0.2) is 0 Å². The van der Waals surface area contributed by atoms with Crippen LogP contribution in [-0.4, -0.2) is 50.2 Å². The van der Waals surface area contributed by atoms with Gasteiger partial charge in [0, 0.05) is 18.7 Å². The molecule has 0 radical (unpaired) electrons. The second-order valence-corrected chi connectivity index (χ2v) is 5.51. The van der Waals surface area contributed by atoms with Crippen LogP contribution < -0.4 is 14.8 Å². The lowest BCUT2D eigenvalue weighted by Gasteiger charge is -2.21. The smallest absolute Gasteiger partial charge is 0.229 e. The number of methoxy groups -OCH3 is 2. The molecule has 1 fully saturated rings. The number of rotatable bonds is 5. The Morgan fingerprint density at radius 2 is 2.17 bits per heavy atom. The molecule has 1 aromatic carbocycles. The molecule has 7 nitrogen and oxygen atoms in total. The molecule has 132 valence electrons. The van der Waals surface area contributed by atoms with E-state index >= 15 is 0 Å². The van der Waals surface area contributed by atoms with Crippen molar-refractivity contribution in [2.45, 2.75) is 12.5 Å². The first-order valence-electron chi connectivity index (χ1n) is 7.28. The lowest BCUT2D eigenvalue weighted by atomic mass is 10.2. The van der Waals surface area contributed by atoms with Crippen molar-refractivity contribution < 1.29 is 18.7 Å². The molecule has 2 heterocycles. The highest BCUT2D eigenvalue weighted by Gasteiger charge is 2.19. The van der Waals surface area contributed by atoms with Gasteiger partial charge in [-0.2, -0.15) is 4.98 Å². The van der Waals surface area contributed by atoms with Crippen molar-refractivity contribution in [1.82, 2.24) is 15.5 Å². The zero-order valence-corrected chi connectivity index (χ0v) is 14.9. The molecule has 1 aliphatic heterocycles. The average molecular weight is 376 g/mol. The van der Waals surface area contributed by atoms with Gasteiger partial charge in [0.2, 0.25) is 11.7 Å². The predicted molar refractivity (Wildman–Crippen MR) is 91.4 cm³/mol. The van der Waals surface area contributed by atoms with Gasteiger partial charge >= 0.3 is 0 Å². The fraction of sp³-hybridized carbons (Fsp3) is 0.467. The zero-order chi connectivity index (χ0) is 16.2. The van der Waals surface area contributed by atoms with Gasteiger partial charge in [0.1, 0.15) is 0 Å². The van der Waals surface area contributed by atoms with E-state index in [1.807, 2.05) is 0 Å². The number of aromatic nitrogens is 2. The van der Waals surface area contributed by atoms with E-state index in [0.29, 0.717) is 46.8 Å². The maximum absolute atomic E-state index is 6.21. The summed E-state index contributed by atoms with van der Waals surface area (Å²) in [5.74, 6) is 1.97. The molecule has 0 amide bonds. The minimum Gasteiger partial charge on any atom is -0.493 e. The first kappa shape index (κ1) is 18.8. The molecule has 0 bridgehead atoms. The number of halogens is 2. The van der Waals surface area contributed by atoms with Crippen LogP contribution in [0.5, 0.6) is 11.5 Å². The van der Waals surface area contributed by atoms with Gasteiger partial charge in [-0.3, -0.25) is 0 Å². The Bertz CT molecular complexity index is 675.